The summed E-state index contributed by atoms with van der Waals surface area (Å²) in [5.74, 6) is 0.970. The number of hydrogen-bond donors (Lipinski definition) is 2. The minimum absolute atomic E-state index is 0.0517. The van der Waals surface area contributed by atoms with Gasteiger partial charge in [0.1, 0.15) is 5.75 Å². The summed E-state index contributed by atoms with van der Waals surface area (Å²) in [6, 6.07) is 13.1. The third kappa shape index (κ3) is 4.50. The number of amides is 2. The van der Waals surface area contributed by atoms with Crippen LogP contribution >= 0.6 is 0 Å². The zero-order chi connectivity index (χ0) is 17.6. The lowest BCUT2D eigenvalue weighted by Crippen LogP contribution is -2.26. The van der Waals surface area contributed by atoms with Crippen LogP contribution in [0.2, 0.25) is 0 Å². The molecule has 0 atom stereocenters. The number of fused-ring (bicyclic) bond motifs is 1. The molecule has 2 aromatic rings. The summed E-state index contributed by atoms with van der Waals surface area (Å²) in [6.07, 6.45) is 0.939. The monoisotopic (exact) mass is 340 g/mol. The van der Waals surface area contributed by atoms with E-state index in [0.29, 0.717) is 36.6 Å². The van der Waals surface area contributed by atoms with Gasteiger partial charge >= 0.3 is 0 Å². The molecule has 1 heterocycles. The minimum Gasteiger partial charge on any atom is -0.494 e. The fraction of sp³-hybridized carbons (Fsp3) is 0.263. The van der Waals surface area contributed by atoms with Gasteiger partial charge in [-0.3, -0.25) is 9.59 Å². The van der Waals surface area contributed by atoms with Gasteiger partial charge in [0.25, 0.3) is 5.91 Å². The van der Waals surface area contributed by atoms with E-state index in [1.54, 1.807) is 0 Å². The number of carbonyl (C=O) groups is 2. The van der Waals surface area contributed by atoms with Crippen LogP contribution in [0.3, 0.4) is 0 Å². The summed E-state index contributed by atoms with van der Waals surface area (Å²) in [5, 5.41) is 5.60. The van der Waals surface area contributed by atoms with Crippen LogP contribution in [-0.4, -0.2) is 25.0 Å². The Morgan fingerprint density at radius 3 is 2.88 bits per heavy atom. The average molecular weight is 340 g/mol. The quantitative estimate of drug-likeness (QED) is 0.792. The number of carbonyl (C=O) groups excluding carboxylic acids is 2. The molecule has 0 bridgehead atoms. The Balaban J connectivity index is 1.54. The number of anilines is 2. The fourth-order valence-corrected chi connectivity index (χ4v) is 2.59. The molecule has 1 aliphatic rings. The second-order valence-electron chi connectivity index (χ2n) is 5.84. The molecule has 6 heteroatoms. The van der Waals surface area contributed by atoms with E-state index < -0.39 is 0 Å². The highest BCUT2D eigenvalue weighted by molar-refractivity contribution is 6.00. The fourth-order valence-electron chi connectivity index (χ4n) is 2.59. The molecule has 0 saturated heterocycles. The molecule has 0 aromatic heterocycles. The molecule has 0 aliphatic carbocycles. The first-order chi connectivity index (χ1) is 12.1. The van der Waals surface area contributed by atoms with Crippen molar-refractivity contribution in [2.24, 2.45) is 0 Å². The van der Waals surface area contributed by atoms with Crippen molar-refractivity contribution in [3.8, 4) is 11.5 Å². The van der Waals surface area contributed by atoms with Gasteiger partial charge in [-0.15, -0.1) is 0 Å². The Hall–Kier alpha value is -3.02. The highest BCUT2D eigenvalue weighted by Gasteiger charge is 2.20. The Bertz CT molecular complexity index is 774. The van der Waals surface area contributed by atoms with E-state index in [9.17, 15) is 9.59 Å². The molecule has 2 N–H and O–H groups in total. The number of aryl methyl sites for hydroxylation is 1. The van der Waals surface area contributed by atoms with E-state index in [1.807, 2.05) is 49.4 Å². The number of ether oxygens (including phenoxy) is 2. The molecule has 2 amide bonds. The molecule has 25 heavy (non-hydrogen) atoms. The first kappa shape index (κ1) is 16.8. The molecule has 0 radical (unpaired) electrons. The van der Waals surface area contributed by atoms with E-state index in [1.165, 1.54) is 0 Å². The lowest BCUT2D eigenvalue weighted by atomic mass is 10.1. The highest BCUT2D eigenvalue weighted by atomic mass is 16.5. The standard InChI is InChI=1S/C19H20N2O4/c1-13-10-15(19-16(11-13)21-18(23)12-25-19)20-17(22)8-5-9-24-14-6-3-2-4-7-14/h2-4,6-7,10-11H,5,8-9,12H2,1H3,(H,20,22)(H,21,23). The normalized spacial score (nSPS) is 12.6. The third-order valence-electron chi connectivity index (χ3n) is 3.69. The second kappa shape index (κ2) is 7.70. The Labute approximate surface area is 146 Å². The maximum Gasteiger partial charge on any atom is 0.262 e. The maximum atomic E-state index is 12.2. The summed E-state index contributed by atoms with van der Waals surface area (Å²) in [7, 11) is 0. The van der Waals surface area contributed by atoms with Crippen molar-refractivity contribution in [1.29, 1.82) is 0 Å². The largest absolute Gasteiger partial charge is 0.494 e. The van der Waals surface area contributed by atoms with Gasteiger partial charge in [-0.1, -0.05) is 18.2 Å². The van der Waals surface area contributed by atoms with Gasteiger partial charge in [-0.05, 0) is 43.2 Å². The van der Waals surface area contributed by atoms with E-state index in [0.717, 1.165) is 11.3 Å². The molecule has 0 saturated carbocycles. The highest BCUT2D eigenvalue weighted by Crippen LogP contribution is 2.37. The van der Waals surface area contributed by atoms with Gasteiger partial charge in [-0.25, -0.2) is 0 Å². The van der Waals surface area contributed by atoms with Crippen LogP contribution in [0.25, 0.3) is 0 Å². The third-order valence-corrected chi connectivity index (χ3v) is 3.69. The Kier molecular flexibility index (Phi) is 5.18. The van der Waals surface area contributed by atoms with Crippen LogP contribution in [0.1, 0.15) is 18.4 Å². The summed E-state index contributed by atoms with van der Waals surface area (Å²) >= 11 is 0. The number of nitrogens with one attached hydrogen (secondary N) is 2. The van der Waals surface area contributed by atoms with Gasteiger partial charge in [-0.2, -0.15) is 0 Å². The second-order valence-corrected chi connectivity index (χ2v) is 5.84. The van der Waals surface area contributed by atoms with Crippen molar-refractivity contribution >= 4 is 23.2 Å². The molecule has 6 nitrogen and oxygen atoms in total. The minimum atomic E-state index is -0.201. The summed E-state index contributed by atoms with van der Waals surface area (Å²) in [6.45, 7) is 2.31. The summed E-state index contributed by atoms with van der Waals surface area (Å²) in [4.78, 5) is 23.6. The van der Waals surface area contributed by atoms with Crippen molar-refractivity contribution in [1.82, 2.24) is 0 Å². The van der Waals surface area contributed by atoms with Crippen LogP contribution in [-0.2, 0) is 9.59 Å². The SMILES string of the molecule is Cc1cc(NC(=O)CCCOc2ccccc2)c2c(c1)NC(=O)CO2. The number of benzene rings is 2. The van der Waals surface area contributed by atoms with Gasteiger partial charge in [0.2, 0.25) is 5.91 Å². The van der Waals surface area contributed by atoms with E-state index >= 15 is 0 Å². The number of rotatable bonds is 6. The smallest absolute Gasteiger partial charge is 0.262 e. The van der Waals surface area contributed by atoms with Crippen molar-refractivity contribution < 1.29 is 19.1 Å². The summed E-state index contributed by atoms with van der Waals surface area (Å²) in [5.41, 5.74) is 2.08. The van der Waals surface area contributed by atoms with Gasteiger partial charge in [0, 0.05) is 6.42 Å². The van der Waals surface area contributed by atoms with E-state index in [-0.39, 0.29) is 18.4 Å². The molecular weight excluding hydrogens is 320 g/mol. The molecular formula is C19H20N2O4. The maximum absolute atomic E-state index is 12.2. The van der Waals surface area contributed by atoms with Gasteiger partial charge in [0.15, 0.2) is 12.4 Å². The first-order valence-corrected chi connectivity index (χ1v) is 8.17. The van der Waals surface area contributed by atoms with Crippen LogP contribution in [0.5, 0.6) is 11.5 Å². The topological polar surface area (TPSA) is 76.7 Å². The zero-order valence-electron chi connectivity index (χ0n) is 14.0. The summed E-state index contributed by atoms with van der Waals surface area (Å²) < 4.78 is 11.0. The van der Waals surface area contributed by atoms with Crippen LogP contribution in [0.4, 0.5) is 11.4 Å². The average Bonchev–Trinajstić information content (AvgIpc) is 2.59. The molecule has 3 rings (SSSR count). The molecule has 0 fully saturated rings. The number of para-hydroxylation sites is 1. The van der Waals surface area contributed by atoms with Crippen molar-refractivity contribution in [2.75, 3.05) is 23.8 Å². The van der Waals surface area contributed by atoms with Crippen molar-refractivity contribution in [3.05, 3.63) is 48.0 Å². The lowest BCUT2D eigenvalue weighted by Gasteiger charge is -2.21. The molecule has 0 unspecified atom stereocenters. The van der Waals surface area contributed by atoms with Crippen LogP contribution in [0, 0.1) is 6.92 Å². The van der Waals surface area contributed by atoms with Crippen LogP contribution in [0.15, 0.2) is 42.5 Å². The van der Waals surface area contributed by atoms with E-state index in [4.69, 9.17) is 9.47 Å². The number of hydrogen-bond acceptors (Lipinski definition) is 4. The molecule has 1 aliphatic heterocycles. The molecule has 0 spiro atoms. The Morgan fingerprint density at radius 2 is 2.08 bits per heavy atom. The van der Waals surface area contributed by atoms with Crippen molar-refractivity contribution in [3.63, 3.8) is 0 Å². The van der Waals surface area contributed by atoms with Crippen molar-refractivity contribution in [2.45, 2.75) is 19.8 Å². The Morgan fingerprint density at radius 1 is 1.28 bits per heavy atom. The first-order valence-electron chi connectivity index (χ1n) is 8.17. The molecule has 2 aromatic carbocycles. The zero-order valence-corrected chi connectivity index (χ0v) is 14.0. The lowest BCUT2D eigenvalue weighted by molar-refractivity contribution is -0.118. The molecule has 130 valence electrons. The predicted molar refractivity (Wildman–Crippen MR) is 95.1 cm³/mol. The van der Waals surface area contributed by atoms with Gasteiger partial charge < -0.3 is 20.1 Å². The predicted octanol–water partition coefficient (Wildman–Crippen LogP) is 3.12. The van der Waals surface area contributed by atoms with E-state index in [2.05, 4.69) is 10.6 Å². The van der Waals surface area contributed by atoms with Crippen LogP contribution < -0.4 is 20.1 Å². The van der Waals surface area contributed by atoms with Gasteiger partial charge in [0.05, 0.1) is 18.0 Å².